The van der Waals surface area contributed by atoms with Gasteiger partial charge in [-0.2, -0.15) is 4.39 Å². The van der Waals surface area contributed by atoms with E-state index in [0.717, 1.165) is 6.92 Å². The van der Waals surface area contributed by atoms with E-state index in [-0.39, 0.29) is 19.8 Å². The van der Waals surface area contributed by atoms with Gasteiger partial charge in [0.2, 0.25) is 11.6 Å². The van der Waals surface area contributed by atoms with E-state index >= 15 is 0 Å². The molecule has 1 heterocycles. The van der Waals surface area contributed by atoms with Crippen molar-refractivity contribution in [1.82, 2.24) is 0 Å². The van der Waals surface area contributed by atoms with Gasteiger partial charge in [0.1, 0.15) is 19.8 Å². The largest absolute Gasteiger partial charge is 0.514 e. The summed E-state index contributed by atoms with van der Waals surface area (Å²) in [5, 5.41) is 0. The summed E-state index contributed by atoms with van der Waals surface area (Å²) < 4.78 is 72.4. The first kappa shape index (κ1) is 18.8. The highest BCUT2D eigenvalue weighted by Gasteiger charge is 2.38. The number of hydrogen-bond donors (Lipinski definition) is 0. The predicted molar refractivity (Wildman–Crippen MR) is 73.0 cm³/mol. The number of carbonyl (C=O) groups excluding carboxylic acids is 2. The van der Waals surface area contributed by atoms with Crippen LogP contribution in [0.3, 0.4) is 0 Å². The summed E-state index contributed by atoms with van der Waals surface area (Å²) in [6.45, 7) is 2.03. The van der Waals surface area contributed by atoms with Crippen molar-refractivity contribution < 1.29 is 46.1 Å². The number of rotatable bonds is 4. The summed E-state index contributed by atoms with van der Waals surface area (Å²) in [5.74, 6) is -8.65. The summed E-state index contributed by atoms with van der Waals surface area (Å²) >= 11 is 0. The highest BCUT2D eigenvalue weighted by atomic mass is 19.2. The number of hydrogen-bond acceptors (Lipinski definition) is 6. The predicted octanol–water partition coefficient (Wildman–Crippen LogP) is 3.63. The fourth-order valence-electron chi connectivity index (χ4n) is 2.03. The standard InChI is InChI=1S/C15H14F4O6/c1-3-15(4-22-13(20)23-5-15)6-24-14(21)25-12-9(17)7(2)8(16)10(18)11(12)19/h3-6H2,1-2H3. The van der Waals surface area contributed by atoms with Crippen LogP contribution < -0.4 is 4.74 Å². The maximum absolute atomic E-state index is 13.8. The van der Waals surface area contributed by atoms with Crippen molar-refractivity contribution >= 4 is 12.3 Å². The summed E-state index contributed by atoms with van der Waals surface area (Å²) in [6, 6.07) is 0. The first-order chi connectivity index (χ1) is 11.7. The van der Waals surface area contributed by atoms with Crippen LogP contribution in [0.5, 0.6) is 5.75 Å². The molecule has 0 bridgehead atoms. The van der Waals surface area contributed by atoms with E-state index in [1.807, 2.05) is 0 Å². The Balaban J connectivity index is 2.07. The first-order valence-corrected chi connectivity index (χ1v) is 7.17. The van der Waals surface area contributed by atoms with Gasteiger partial charge in [-0.25, -0.2) is 22.8 Å². The second-order valence-electron chi connectivity index (χ2n) is 5.53. The lowest BCUT2D eigenvalue weighted by molar-refractivity contribution is -0.0864. The minimum atomic E-state index is -1.99. The lowest BCUT2D eigenvalue weighted by Crippen LogP contribution is -2.43. The molecule has 1 aromatic carbocycles. The molecule has 10 heteroatoms. The summed E-state index contributed by atoms with van der Waals surface area (Å²) in [4.78, 5) is 22.5. The van der Waals surface area contributed by atoms with Crippen LogP contribution in [0.2, 0.25) is 0 Å². The van der Waals surface area contributed by atoms with E-state index in [2.05, 4.69) is 4.74 Å². The summed E-state index contributed by atoms with van der Waals surface area (Å²) in [7, 11) is 0. The quantitative estimate of drug-likeness (QED) is 0.266. The Kier molecular flexibility index (Phi) is 5.39. The molecule has 2 rings (SSSR count). The number of ether oxygens (including phenoxy) is 4. The zero-order chi connectivity index (χ0) is 18.8. The molecule has 0 unspecified atom stereocenters. The lowest BCUT2D eigenvalue weighted by atomic mass is 9.87. The lowest BCUT2D eigenvalue weighted by Gasteiger charge is -2.33. The van der Waals surface area contributed by atoms with Crippen LogP contribution in [0.1, 0.15) is 18.9 Å². The molecule has 0 radical (unpaired) electrons. The van der Waals surface area contributed by atoms with Gasteiger partial charge < -0.3 is 18.9 Å². The van der Waals surface area contributed by atoms with Gasteiger partial charge in [0.05, 0.1) is 5.41 Å². The van der Waals surface area contributed by atoms with E-state index < -0.39 is 52.3 Å². The van der Waals surface area contributed by atoms with E-state index in [9.17, 15) is 27.2 Å². The van der Waals surface area contributed by atoms with Crippen molar-refractivity contribution in [1.29, 1.82) is 0 Å². The van der Waals surface area contributed by atoms with Gasteiger partial charge in [-0.1, -0.05) is 6.92 Å². The molecule has 0 aromatic heterocycles. The van der Waals surface area contributed by atoms with Crippen LogP contribution in [0.15, 0.2) is 0 Å². The Morgan fingerprint density at radius 2 is 1.68 bits per heavy atom. The molecule has 1 saturated heterocycles. The van der Waals surface area contributed by atoms with Crippen molar-refractivity contribution in [3.8, 4) is 5.75 Å². The summed E-state index contributed by atoms with van der Waals surface area (Å²) in [6.07, 6.45) is -2.01. The second-order valence-corrected chi connectivity index (χ2v) is 5.53. The van der Waals surface area contributed by atoms with Gasteiger partial charge in [-0.3, -0.25) is 0 Å². The average molecular weight is 366 g/mol. The number of carbonyl (C=O) groups is 2. The van der Waals surface area contributed by atoms with Crippen LogP contribution in [0.4, 0.5) is 27.2 Å². The monoisotopic (exact) mass is 366 g/mol. The van der Waals surface area contributed by atoms with Gasteiger partial charge in [-0.15, -0.1) is 0 Å². The average Bonchev–Trinajstić information content (AvgIpc) is 2.62. The fourth-order valence-corrected chi connectivity index (χ4v) is 2.03. The topological polar surface area (TPSA) is 71.1 Å². The van der Waals surface area contributed by atoms with Crippen molar-refractivity contribution in [2.75, 3.05) is 19.8 Å². The molecule has 0 atom stereocenters. The molecule has 138 valence electrons. The highest BCUT2D eigenvalue weighted by molar-refractivity contribution is 5.64. The van der Waals surface area contributed by atoms with Crippen molar-refractivity contribution in [3.05, 3.63) is 28.8 Å². The number of cyclic esters (lactones) is 2. The Morgan fingerprint density at radius 1 is 1.08 bits per heavy atom. The van der Waals surface area contributed by atoms with Crippen LogP contribution in [-0.4, -0.2) is 32.1 Å². The molecule has 0 aliphatic carbocycles. The Labute approximate surface area is 139 Å². The second kappa shape index (κ2) is 7.16. The Hall–Kier alpha value is -2.52. The first-order valence-electron chi connectivity index (χ1n) is 7.17. The van der Waals surface area contributed by atoms with E-state index in [0.29, 0.717) is 6.42 Å². The van der Waals surface area contributed by atoms with E-state index in [1.165, 1.54) is 0 Å². The molecule has 0 N–H and O–H groups in total. The van der Waals surface area contributed by atoms with Crippen LogP contribution >= 0.6 is 0 Å². The molecule has 1 aromatic rings. The number of halogens is 4. The molecule has 6 nitrogen and oxygen atoms in total. The normalized spacial score (nSPS) is 16.0. The number of benzene rings is 1. The van der Waals surface area contributed by atoms with Crippen LogP contribution in [0, 0.1) is 35.6 Å². The Bertz CT molecular complexity index is 667. The van der Waals surface area contributed by atoms with Crippen molar-refractivity contribution in [2.24, 2.45) is 5.41 Å². The molecule has 0 spiro atoms. The SMILES string of the molecule is CCC1(COC(=O)Oc2c(F)c(C)c(F)c(F)c2F)COC(=O)OC1. The molecule has 1 aliphatic rings. The van der Waals surface area contributed by atoms with E-state index in [4.69, 9.17) is 14.2 Å². The maximum Gasteiger partial charge on any atom is 0.514 e. The van der Waals surface area contributed by atoms with Gasteiger partial charge in [0, 0.05) is 5.56 Å². The molecule has 0 amide bonds. The molecular weight excluding hydrogens is 352 g/mol. The minimum Gasteiger partial charge on any atom is -0.433 e. The van der Waals surface area contributed by atoms with Gasteiger partial charge in [0.15, 0.2) is 17.5 Å². The third kappa shape index (κ3) is 3.77. The molecule has 0 saturated carbocycles. The van der Waals surface area contributed by atoms with Crippen molar-refractivity contribution in [2.45, 2.75) is 20.3 Å². The Morgan fingerprint density at radius 3 is 2.24 bits per heavy atom. The van der Waals surface area contributed by atoms with Crippen LogP contribution in [0.25, 0.3) is 0 Å². The third-order valence-electron chi connectivity index (χ3n) is 3.87. The molecule has 1 aliphatic heterocycles. The zero-order valence-corrected chi connectivity index (χ0v) is 13.3. The maximum atomic E-state index is 13.8. The van der Waals surface area contributed by atoms with Crippen molar-refractivity contribution in [3.63, 3.8) is 0 Å². The highest BCUT2D eigenvalue weighted by Crippen LogP contribution is 2.31. The molecular formula is C15H14F4O6. The van der Waals surface area contributed by atoms with E-state index in [1.54, 1.807) is 6.92 Å². The van der Waals surface area contributed by atoms with Gasteiger partial charge in [0.25, 0.3) is 0 Å². The molecule has 1 fully saturated rings. The zero-order valence-electron chi connectivity index (χ0n) is 13.3. The van der Waals surface area contributed by atoms with Gasteiger partial charge in [-0.05, 0) is 13.3 Å². The minimum absolute atomic E-state index is 0.0946. The smallest absolute Gasteiger partial charge is 0.433 e. The third-order valence-corrected chi connectivity index (χ3v) is 3.87. The van der Waals surface area contributed by atoms with Gasteiger partial charge >= 0.3 is 12.3 Å². The summed E-state index contributed by atoms with van der Waals surface area (Å²) in [5.41, 5.74) is -1.70. The van der Waals surface area contributed by atoms with Crippen LogP contribution in [-0.2, 0) is 14.2 Å². The molecule has 25 heavy (non-hydrogen) atoms. The fraction of sp³-hybridized carbons (Fsp3) is 0.467.